The SMILES string of the molecule is CCOC(=O)C1CC(c2ccccc2C)N(S(=O)(=O)c2ccc(C)cc2)C1=O. The Morgan fingerprint density at radius 1 is 1.11 bits per heavy atom. The highest BCUT2D eigenvalue weighted by molar-refractivity contribution is 7.89. The minimum atomic E-state index is -4.12. The summed E-state index contributed by atoms with van der Waals surface area (Å²) in [5.74, 6) is -2.57. The van der Waals surface area contributed by atoms with E-state index in [2.05, 4.69) is 0 Å². The molecule has 2 unspecified atom stereocenters. The number of carbonyl (C=O) groups is 2. The molecule has 0 aliphatic carbocycles. The summed E-state index contributed by atoms with van der Waals surface area (Å²) in [6, 6.07) is 12.8. The number of rotatable bonds is 5. The van der Waals surface area contributed by atoms with Crippen LogP contribution in [0.3, 0.4) is 0 Å². The molecule has 6 nitrogen and oxygen atoms in total. The first kappa shape index (κ1) is 20.1. The van der Waals surface area contributed by atoms with Gasteiger partial charge in [-0.25, -0.2) is 12.7 Å². The lowest BCUT2D eigenvalue weighted by Gasteiger charge is -2.25. The molecule has 1 heterocycles. The van der Waals surface area contributed by atoms with Crippen molar-refractivity contribution in [3.05, 3.63) is 65.2 Å². The van der Waals surface area contributed by atoms with Gasteiger partial charge in [-0.2, -0.15) is 0 Å². The molecule has 0 saturated carbocycles. The number of amides is 1. The number of carbonyl (C=O) groups excluding carboxylic acids is 2. The van der Waals surface area contributed by atoms with Crippen LogP contribution >= 0.6 is 0 Å². The zero-order valence-corrected chi connectivity index (χ0v) is 16.9. The first-order chi connectivity index (χ1) is 13.3. The number of esters is 1. The second kappa shape index (κ2) is 7.75. The molecule has 1 fully saturated rings. The third-order valence-corrected chi connectivity index (χ3v) is 6.77. The summed E-state index contributed by atoms with van der Waals surface area (Å²) in [5.41, 5.74) is 2.47. The molecule has 1 saturated heterocycles. The smallest absolute Gasteiger partial charge is 0.318 e. The minimum Gasteiger partial charge on any atom is -0.465 e. The molecule has 1 aliphatic rings. The van der Waals surface area contributed by atoms with Crippen molar-refractivity contribution in [3.8, 4) is 0 Å². The molecule has 7 heteroatoms. The van der Waals surface area contributed by atoms with Gasteiger partial charge in [0.25, 0.3) is 15.9 Å². The van der Waals surface area contributed by atoms with Crippen LogP contribution in [0.25, 0.3) is 0 Å². The number of hydrogen-bond donors (Lipinski definition) is 0. The second-order valence-electron chi connectivity index (χ2n) is 6.86. The van der Waals surface area contributed by atoms with Gasteiger partial charge in [-0.3, -0.25) is 9.59 Å². The summed E-state index contributed by atoms with van der Waals surface area (Å²) in [6.45, 7) is 5.48. The summed E-state index contributed by atoms with van der Waals surface area (Å²) < 4.78 is 32.5. The molecule has 0 radical (unpaired) electrons. The van der Waals surface area contributed by atoms with E-state index < -0.39 is 33.9 Å². The van der Waals surface area contributed by atoms with Gasteiger partial charge in [-0.1, -0.05) is 42.0 Å². The van der Waals surface area contributed by atoms with E-state index in [1.807, 2.05) is 26.0 Å². The average molecular weight is 401 g/mol. The summed E-state index contributed by atoms with van der Waals surface area (Å²) >= 11 is 0. The molecule has 2 atom stereocenters. The number of aryl methyl sites for hydroxylation is 2. The van der Waals surface area contributed by atoms with Crippen molar-refractivity contribution in [1.29, 1.82) is 0 Å². The van der Waals surface area contributed by atoms with E-state index in [9.17, 15) is 18.0 Å². The topological polar surface area (TPSA) is 80.8 Å². The van der Waals surface area contributed by atoms with Gasteiger partial charge in [0.2, 0.25) is 0 Å². The maximum Gasteiger partial charge on any atom is 0.318 e. The van der Waals surface area contributed by atoms with Crippen molar-refractivity contribution in [2.45, 2.75) is 38.1 Å². The van der Waals surface area contributed by atoms with Crippen molar-refractivity contribution in [2.24, 2.45) is 5.92 Å². The Hall–Kier alpha value is -2.67. The minimum absolute atomic E-state index is 0.0227. The van der Waals surface area contributed by atoms with E-state index in [0.29, 0.717) is 5.56 Å². The molecule has 1 amide bonds. The molecule has 2 aromatic carbocycles. The van der Waals surface area contributed by atoms with Crippen molar-refractivity contribution >= 4 is 21.9 Å². The van der Waals surface area contributed by atoms with Crippen molar-refractivity contribution in [3.63, 3.8) is 0 Å². The lowest BCUT2D eigenvalue weighted by atomic mass is 9.96. The number of hydrogen-bond acceptors (Lipinski definition) is 5. The van der Waals surface area contributed by atoms with Crippen LogP contribution in [-0.4, -0.2) is 31.2 Å². The molecule has 0 bridgehead atoms. The van der Waals surface area contributed by atoms with Crippen LogP contribution in [0.4, 0.5) is 0 Å². The van der Waals surface area contributed by atoms with Crippen LogP contribution in [0.2, 0.25) is 0 Å². The molecule has 3 rings (SSSR count). The van der Waals surface area contributed by atoms with Gasteiger partial charge in [-0.15, -0.1) is 0 Å². The highest BCUT2D eigenvalue weighted by Crippen LogP contribution is 2.41. The first-order valence-corrected chi connectivity index (χ1v) is 10.6. The van der Waals surface area contributed by atoms with Crippen molar-refractivity contribution in [2.75, 3.05) is 6.61 Å². The molecular weight excluding hydrogens is 378 g/mol. The monoisotopic (exact) mass is 401 g/mol. The standard InChI is InChI=1S/C21H23NO5S/c1-4-27-21(24)18-13-19(17-8-6-5-7-15(17)3)22(20(18)23)28(25,26)16-11-9-14(2)10-12-16/h5-12,18-19H,4,13H2,1-3H3. The van der Waals surface area contributed by atoms with Crippen molar-refractivity contribution in [1.82, 2.24) is 4.31 Å². The Labute approximate surface area is 165 Å². The summed E-state index contributed by atoms with van der Waals surface area (Å²) in [7, 11) is -4.12. The second-order valence-corrected chi connectivity index (χ2v) is 8.68. The molecule has 2 aromatic rings. The highest BCUT2D eigenvalue weighted by atomic mass is 32.2. The van der Waals surface area contributed by atoms with Gasteiger partial charge in [0.1, 0.15) is 5.92 Å². The third-order valence-electron chi connectivity index (χ3n) is 4.95. The Morgan fingerprint density at radius 3 is 2.36 bits per heavy atom. The fourth-order valence-corrected chi connectivity index (χ4v) is 5.10. The van der Waals surface area contributed by atoms with Crippen LogP contribution in [0.15, 0.2) is 53.4 Å². The van der Waals surface area contributed by atoms with Gasteiger partial charge in [0.15, 0.2) is 0 Å². The molecule has 0 N–H and O–H groups in total. The van der Waals surface area contributed by atoms with Gasteiger partial charge < -0.3 is 4.74 Å². The fourth-order valence-electron chi connectivity index (χ4n) is 3.49. The maximum atomic E-state index is 13.3. The van der Waals surface area contributed by atoms with E-state index >= 15 is 0 Å². The van der Waals surface area contributed by atoms with Gasteiger partial charge >= 0.3 is 5.97 Å². The number of ether oxygens (including phenoxy) is 1. The van der Waals surface area contributed by atoms with E-state index in [1.54, 1.807) is 31.2 Å². The summed E-state index contributed by atoms with van der Waals surface area (Å²) in [5, 5.41) is 0. The average Bonchev–Trinajstić information content (AvgIpc) is 3.00. The predicted octanol–water partition coefficient (Wildman–Crippen LogP) is 3.15. The third kappa shape index (κ3) is 3.54. The highest BCUT2D eigenvalue weighted by Gasteiger charge is 2.50. The number of nitrogens with zero attached hydrogens (tertiary/aromatic N) is 1. The Balaban J connectivity index is 2.10. The van der Waals surface area contributed by atoms with Crippen LogP contribution < -0.4 is 0 Å². The molecule has 0 spiro atoms. The van der Waals surface area contributed by atoms with Crippen LogP contribution in [0.1, 0.15) is 36.1 Å². The zero-order chi connectivity index (χ0) is 20.5. The van der Waals surface area contributed by atoms with E-state index in [1.165, 1.54) is 12.1 Å². The van der Waals surface area contributed by atoms with Crippen LogP contribution in [0.5, 0.6) is 0 Å². The Morgan fingerprint density at radius 2 is 1.75 bits per heavy atom. The summed E-state index contributed by atoms with van der Waals surface area (Å²) in [4.78, 5) is 25.4. The molecule has 28 heavy (non-hydrogen) atoms. The number of sulfonamides is 1. The van der Waals surface area contributed by atoms with Crippen LogP contribution in [-0.2, 0) is 24.3 Å². The van der Waals surface area contributed by atoms with Gasteiger partial charge in [0.05, 0.1) is 17.5 Å². The Bertz CT molecular complexity index is 998. The lowest BCUT2D eigenvalue weighted by molar-refractivity contribution is -0.151. The predicted molar refractivity (Wildman–Crippen MR) is 104 cm³/mol. The zero-order valence-electron chi connectivity index (χ0n) is 16.1. The maximum absolute atomic E-state index is 13.3. The first-order valence-electron chi connectivity index (χ1n) is 9.14. The molecule has 148 valence electrons. The largest absolute Gasteiger partial charge is 0.465 e. The summed E-state index contributed by atoms with van der Waals surface area (Å²) in [6.07, 6.45) is 0.0631. The van der Waals surface area contributed by atoms with Gasteiger partial charge in [-0.05, 0) is 50.5 Å². The van der Waals surface area contributed by atoms with Crippen LogP contribution in [0, 0.1) is 19.8 Å². The fraction of sp³-hybridized carbons (Fsp3) is 0.333. The number of benzene rings is 2. The van der Waals surface area contributed by atoms with Crippen molar-refractivity contribution < 1.29 is 22.7 Å². The lowest BCUT2D eigenvalue weighted by Crippen LogP contribution is -2.37. The normalized spacial score (nSPS) is 19.7. The van der Waals surface area contributed by atoms with E-state index in [4.69, 9.17) is 4.74 Å². The Kier molecular flexibility index (Phi) is 5.56. The molecule has 1 aliphatic heterocycles. The van der Waals surface area contributed by atoms with Gasteiger partial charge in [0, 0.05) is 0 Å². The molecule has 0 aromatic heterocycles. The quantitative estimate of drug-likeness (QED) is 0.568. The van der Waals surface area contributed by atoms with E-state index in [-0.39, 0.29) is 17.9 Å². The van der Waals surface area contributed by atoms with E-state index in [0.717, 1.165) is 15.4 Å². The molecular formula is C21H23NO5S.